The summed E-state index contributed by atoms with van der Waals surface area (Å²) in [6.07, 6.45) is 3.98. The summed E-state index contributed by atoms with van der Waals surface area (Å²) in [7, 11) is 3.49. The van der Waals surface area contributed by atoms with E-state index in [0.717, 1.165) is 0 Å². The van der Waals surface area contributed by atoms with Gasteiger partial charge in [-0.25, -0.2) is 4.98 Å². The second-order valence-corrected chi connectivity index (χ2v) is 8.83. The lowest BCUT2D eigenvalue weighted by molar-refractivity contribution is -0.135. The SMILES string of the molecule is CN(C)C(=O)[C@H]1CC[C@H](C(=O)Nc2c(C(=O)Nc3ccc(Cl)cn3)oc3ccccc23)CC1. The van der Waals surface area contributed by atoms with E-state index in [-0.39, 0.29) is 29.4 Å². The second kappa shape index (κ2) is 9.62. The number of nitrogens with zero attached hydrogens (tertiary/aromatic N) is 2. The largest absolute Gasteiger partial charge is 0.449 e. The Kier molecular flexibility index (Phi) is 6.65. The maximum absolute atomic E-state index is 13.1. The third-order valence-corrected chi connectivity index (χ3v) is 6.13. The minimum absolute atomic E-state index is 0.00206. The number of carbonyl (C=O) groups excluding carboxylic acids is 3. The molecule has 9 heteroatoms. The molecule has 33 heavy (non-hydrogen) atoms. The summed E-state index contributed by atoms with van der Waals surface area (Å²) in [5.41, 5.74) is 0.816. The van der Waals surface area contributed by atoms with Crippen molar-refractivity contribution in [1.29, 1.82) is 0 Å². The van der Waals surface area contributed by atoms with Crippen LogP contribution in [0.5, 0.6) is 0 Å². The number of para-hydroxylation sites is 1. The summed E-state index contributed by atoms with van der Waals surface area (Å²) in [6.45, 7) is 0. The highest BCUT2D eigenvalue weighted by Crippen LogP contribution is 2.34. The molecule has 0 unspecified atom stereocenters. The Morgan fingerprint density at radius 2 is 1.70 bits per heavy atom. The summed E-state index contributed by atoms with van der Waals surface area (Å²) < 4.78 is 5.79. The van der Waals surface area contributed by atoms with E-state index in [9.17, 15) is 14.4 Å². The van der Waals surface area contributed by atoms with Crippen LogP contribution in [-0.4, -0.2) is 41.7 Å². The number of amides is 3. The van der Waals surface area contributed by atoms with E-state index in [0.29, 0.717) is 53.2 Å². The summed E-state index contributed by atoms with van der Waals surface area (Å²) in [5.74, 6) is -0.591. The van der Waals surface area contributed by atoms with Crippen LogP contribution < -0.4 is 10.6 Å². The average Bonchev–Trinajstić information content (AvgIpc) is 3.18. The maximum Gasteiger partial charge on any atom is 0.294 e. The molecule has 1 aliphatic carbocycles. The van der Waals surface area contributed by atoms with Crippen LogP contribution in [0, 0.1) is 11.8 Å². The molecule has 0 bridgehead atoms. The number of carbonyl (C=O) groups is 3. The summed E-state index contributed by atoms with van der Waals surface area (Å²) in [4.78, 5) is 43.9. The molecule has 3 amide bonds. The van der Waals surface area contributed by atoms with Crippen molar-refractivity contribution in [3.05, 3.63) is 53.4 Å². The zero-order valence-corrected chi connectivity index (χ0v) is 19.2. The molecular weight excluding hydrogens is 444 g/mol. The fraction of sp³-hybridized carbons (Fsp3) is 0.333. The molecule has 0 aliphatic heterocycles. The van der Waals surface area contributed by atoms with Crippen LogP contribution in [0.25, 0.3) is 11.0 Å². The predicted molar refractivity (Wildman–Crippen MR) is 126 cm³/mol. The van der Waals surface area contributed by atoms with Crippen LogP contribution in [0.3, 0.4) is 0 Å². The monoisotopic (exact) mass is 468 g/mol. The van der Waals surface area contributed by atoms with Gasteiger partial charge in [-0.15, -0.1) is 0 Å². The van der Waals surface area contributed by atoms with Gasteiger partial charge >= 0.3 is 0 Å². The third kappa shape index (κ3) is 5.01. The molecule has 0 spiro atoms. The van der Waals surface area contributed by atoms with Crippen molar-refractivity contribution in [1.82, 2.24) is 9.88 Å². The normalized spacial score (nSPS) is 18.0. The molecule has 8 nitrogen and oxygen atoms in total. The van der Waals surface area contributed by atoms with E-state index < -0.39 is 5.91 Å². The van der Waals surface area contributed by atoms with E-state index in [1.807, 2.05) is 6.07 Å². The molecule has 0 atom stereocenters. The molecule has 2 heterocycles. The molecule has 0 radical (unpaired) electrons. The van der Waals surface area contributed by atoms with Crippen LogP contribution in [0.4, 0.5) is 11.5 Å². The standard InChI is InChI=1S/C24H25ClN4O4/c1-29(2)24(32)15-9-7-14(8-10-15)22(30)28-20-17-5-3-4-6-18(17)33-21(20)23(31)27-19-12-11-16(25)13-26-19/h3-6,11-15H,7-10H2,1-2H3,(H,28,30)(H,26,27,31)/t14-,15-. The van der Waals surface area contributed by atoms with Crippen LogP contribution in [0.1, 0.15) is 36.2 Å². The van der Waals surface area contributed by atoms with Gasteiger partial charge in [0.1, 0.15) is 17.1 Å². The van der Waals surface area contributed by atoms with Crippen LogP contribution in [-0.2, 0) is 9.59 Å². The number of nitrogens with one attached hydrogen (secondary N) is 2. The van der Waals surface area contributed by atoms with Crippen molar-refractivity contribution in [3.8, 4) is 0 Å². The molecular formula is C24H25ClN4O4. The van der Waals surface area contributed by atoms with Gasteiger partial charge in [0.05, 0.1) is 5.02 Å². The Balaban J connectivity index is 1.52. The summed E-state index contributed by atoms with van der Waals surface area (Å²) >= 11 is 5.85. The summed E-state index contributed by atoms with van der Waals surface area (Å²) in [6, 6.07) is 10.3. The van der Waals surface area contributed by atoms with Gasteiger partial charge in [0.15, 0.2) is 0 Å². The van der Waals surface area contributed by atoms with Crippen molar-refractivity contribution in [3.63, 3.8) is 0 Å². The van der Waals surface area contributed by atoms with Gasteiger partial charge in [-0.1, -0.05) is 23.7 Å². The third-order valence-electron chi connectivity index (χ3n) is 5.91. The maximum atomic E-state index is 13.1. The fourth-order valence-corrected chi connectivity index (χ4v) is 4.26. The van der Waals surface area contributed by atoms with E-state index in [1.165, 1.54) is 6.20 Å². The Hall–Kier alpha value is -3.39. The van der Waals surface area contributed by atoms with Crippen molar-refractivity contribution in [2.24, 2.45) is 11.8 Å². The Bertz CT molecular complexity index is 1180. The second-order valence-electron chi connectivity index (χ2n) is 8.39. The van der Waals surface area contributed by atoms with Crippen molar-refractivity contribution in [2.45, 2.75) is 25.7 Å². The minimum Gasteiger partial charge on any atom is -0.449 e. The lowest BCUT2D eigenvalue weighted by Crippen LogP contribution is -2.35. The molecule has 0 saturated heterocycles. The lowest BCUT2D eigenvalue weighted by Gasteiger charge is -2.28. The van der Waals surface area contributed by atoms with Gasteiger partial charge in [0.25, 0.3) is 5.91 Å². The van der Waals surface area contributed by atoms with Crippen molar-refractivity contribution < 1.29 is 18.8 Å². The summed E-state index contributed by atoms with van der Waals surface area (Å²) in [5, 5.41) is 6.67. The first-order valence-corrected chi connectivity index (χ1v) is 11.2. The van der Waals surface area contributed by atoms with E-state index in [1.54, 1.807) is 49.3 Å². The number of aromatic nitrogens is 1. The highest BCUT2D eigenvalue weighted by molar-refractivity contribution is 6.30. The Labute approximate surface area is 196 Å². The smallest absolute Gasteiger partial charge is 0.294 e. The highest BCUT2D eigenvalue weighted by atomic mass is 35.5. The average molecular weight is 469 g/mol. The molecule has 4 rings (SSSR count). The number of furan rings is 1. The molecule has 3 aromatic rings. The first-order valence-electron chi connectivity index (χ1n) is 10.8. The van der Waals surface area contributed by atoms with Gasteiger partial charge in [0, 0.05) is 37.5 Å². The molecule has 1 aromatic carbocycles. The first-order chi connectivity index (χ1) is 15.8. The number of fused-ring (bicyclic) bond motifs is 1. The van der Waals surface area contributed by atoms with Crippen molar-refractivity contribution >= 4 is 51.8 Å². The Morgan fingerprint density at radius 3 is 2.36 bits per heavy atom. The van der Waals surface area contributed by atoms with Crippen molar-refractivity contribution in [2.75, 3.05) is 24.7 Å². The minimum atomic E-state index is -0.531. The van der Waals surface area contributed by atoms with Gasteiger partial charge in [-0.3, -0.25) is 14.4 Å². The number of anilines is 2. The number of hydrogen-bond donors (Lipinski definition) is 2. The predicted octanol–water partition coefficient (Wildman–Crippen LogP) is 4.57. The quantitative estimate of drug-likeness (QED) is 0.570. The van der Waals surface area contributed by atoms with E-state index in [2.05, 4.69) is 15.6 Å². The van der Waals surface area contributed by atoms with E-state index in [4.69, 9.17) is 16.0 Å². The van der Waals surface area contributed by atoms with E-state index >= 15 is 0 Å². The van der Waals surface area contributed by atoms with Crippen LogP contribution in [0.15, 0.2) is 47.0 Å². The molecule has 1 saturated carbocycles. The Morgan fingerprint density at radius 1 is 1.00 bits per heavy atom. The van der Waals surface area contributed by atoms with Crippen LogP contribution in [0.2, 0.25) is 5.02 Å². The molecule has 172 valence electrons. The zero-order valence-electron chi connectivity index (χ0n) is 18.4. The lowest BCUT2D eigenvalue weighted by atomic mass is 9.81. The number of halogens is 1. The molecule has 2 aromatic heterocycles. The fourth-order valence-electron chi connectivity index (χ4n) is 4.15. The molecule has 1 fully saturated rings. The van der Waals surface area contributed by atoms with Gasteiger partial charge < -0.3 is 20.0 Å². The zero-order chi connectivity index (χ0) is 23.5. The number of hydrogen-bond acceptors (Lipinski definition) is 5. The van der Waals surface area contributed by atoms with Gasteiger partial charge in [0.2, 0.25) is 17.6 Å². The number of rotatable bonds is 5. The van der Waals surface area contributed by atoms with Crippen LogP contribution >= 0.6 is 11.6 Å². The molecule has 2 N–H and O–H groups in total. The van der Waals surface area contributed by atoms with Gasteiger partial charge in [-0.05, 0) is 49.9 Å². The number of pyridine rings is 1. The highest BCUT2D eigenvalue weighted by Gasteiger charge is 2.32. The molecule has 1 aliphatic rings. The first kappa shape index (κ1) is 22.8. The number of benzene rings is 1. The topological polar surface area (TPSA) is 105 Å². The van der Waals surface area contributed by atoms with Gasteiger partial charge in [-0.2, -0.15) is 0 Å².